The minimum atomic E-state index is -0.289. The number of aromatic amines is 1. The fourth-order valence-corrected chi connectivity index (χ4v) is 3.41. The Hall–Kier alpha value is -1.77. The van der Waals surface area contributed by atoms with Gasteiger partial charge in [0.25, 0.3) is 0 Å². The van der Waals surface area contributed by atoms with Crippen molar-refractivity contribution in [3.63, 3.8) is 0 Å². The molecule has 1 aliphatic rings. The highest BCUT2D eigenvalue weighted by atomic mass is 35.5. The zero-order chi connectivity index (χ0) is 16.9. The third kappa shape index (κ3) is 4.40. The number of anilines is 1. The third-order valence-corrected chi connectivity index (χ3v) is 4.79. The molecule has 0 saturated carbocycles. The number of aromatic nitrogens is 3. The number of benzene rings is 1. The molecule has 3 rings (SSSR count). The van der Waals surface area contributed by atoms with E-state index >= 15 is 0 Å². The molecule has 7 nitrogen and oxygen atoms in total. The Bertz CT molecular complexity index is 770. The quantitative estimate of drug-likeness (QED) is 0.762. The molecule has 0 aliphatic carbocycles. The van der Waals surface area contributed by atoms with Crippen LogP contribution in [0.3, 0.4) is 0 Å². The van der Waals surface area contributed by atoms with Crippen molar-refractivity contribution in [2.45, 2.75) is 30.6 Å². The first kappa shape index (κ1) is 17.1. The van der Waals surface area contributed by atoms with Gasteiger partial charge in [-0.2, -0.15) is 0 Å². The second-order valence-corrected chi connectivity index (χ2v) is 6.78. The van der Waals surface area contributed by atoms with Crippen molar-refractivity contribution >= 4 is 35.0 Å². The van der Waals surface area contributed by atoms with Crippen molar-refractivity contribution in [2.75, 3.05) is 17.7 Å². The van der Waals surface area contributed by atoms with Gasteiger partial charge in [0.15, 0.2) is 5.16 Å². The number of hydrogen-bond donors (Lipinski definition) is 2. The van der Waals surface area contributed by atoms with Gasteiger partial charge in [0, 0.05) is 17.3 Å². The molecular formula is C15H17ClN4O3S. The normalized spacial score (nSPS) is 17.1. The van der Waals surface area contributed by atoms with Crippen LogP contribution in [0.2, 0.25) is 5.02 Å². The SMILES string of the molecule is O=C(CSc1n[nH]c(=O)n1CC1CCCO1)Nc1cccc(Cl)c1. The number of hydrogen-bond acceptors (Lipinski definition) is 5. The molecule has 0 radical (unpaired) electrons. The largest absolute Gasteiger partial charge is 0.376 e. The molecule has 1 fully saturated rings. The maximum Gasteiger partial charge on any atom is 0.344 e. The zero-order valence-electron chi connectivity index (χ0n) is 12.8. The number of carbonyl (C=O) groups is 1. The van der Waals surface area contributed by atoms with Crippen molar-refractivity contribution in [1.82, 2.24) is 14.8 Å². The molecule has 1 amide bonds. The fourth-order valence-electron chi connectivity index (χ4n) is 2.46. The van der Waals surface area contributed by atoms with Crippen LogP contribution in [0.25, 0.3) is 0 Å². The number of amides is 1. The molecule has 2 heterocycles. The summed E-state index contributed by atoms with van der Waals surface area (Å²) in [6.45, 7) is 1.18. The lowest BCUT2D eigenvalue weighted by atomic mass is 10.2. The highest BCUT2D eigenvalue weighted by molar-refractivity contribution is 7.99. The van der Waals surface area contributed by atoms with Gasteiger partial charge in [-0.15, -0.1) is 5.10 Å². The second-order valence-electron chi connectivity index (χ2n) is 5.40. The van der Waals surface area contributed by atoms with Crippen LogP contribution in [-0.4, -0.2) is 39.1 Å². The number of H-pyrrole nitrogens is 1. The van der Waals surface area contributed by atoms with Crippen LogP contribution in [0, 0.1) is 0 Å². The van der Waals surface area contributed by atoms with Crippen LogP contribution >= 0.6 is 23.4 Å². The summed E-state index contributed by atoms with van der Waals surface area (Å²) >= 11 is 7.09. The lowest BCUT2D eigenvalue weighted by Crippen LogP contribution is -2.25. The van der Waals surface area contributed by atoms with Gasteiger partial charge in [-0.05, 0) is 31.0 Å². The maximum atomic E-state index is 12.0. The summed E-state index contributed by atoms with van der Waals surface area (Å²) in [5, 5.41) is 10.2. The topological polar surface area (TPSA) is 89.0 Å². The van der Waals surface area contributed by atoms with Gasteiger partial charge >= 0.3 is 5.69 Å². The summed E-state index contributed by atoms with van der Waals surface area (Å²) in [5.41, 5.74) is 0.343. The number of nitrogens with one attached hydrogen (secondary N) is 2. The molecular weight excluding hydrogens is 352 g/mol. The molecule has 1 aromatic carbocycles. The van der Waals surface area contributed by atoms with E-state index in [-0.39, 0.29) is 23.5 Å². The van der Waals surface area contributed by atoms with Gasteiger partial charge in [0.1, 0.15) is 0 Å². The molecule has 24 heavy (non-hydrogen) atoms. The molecule has 128 valence electrons. The third-order valence-electron chi connectivity index (χ3n) is 3.57. The molecule has 0 bridgehead atoms. The Morgan fingerprint density at radius 3 is 3.17 bits per heavy atom. The summed E-state index contributed by atoms with van der Waals surface area (Å²) in [4.78, 5) is 23.9. The lowest BCUT2D eigenvalue weighted by molar-refractivity contribution is -0.113. The second kappa shape index (κ2) is 7.87. The molecule has 1 unspecified atom stereocenters. The standard InChI is InChI=1S/C15H17ClN4O3S/c16-10-3-1-4-11(7-10)17-13(21)9-24-15-19-18-14(22)20(15)8-12-5-2-6-23-12/h1,3-4,7,12H,2,5-6,8-9H2,(H,17,21)(H,18,22). The van der Waals surface area contributed by atoms with Gasteiger partial charge < -0.3 is 10.1 Å². The van der Waals surface area contributed by atoms with E-state index in [2.05, 4.69) is 15.5 Å². The monoisotopic (exact) mass is 368 g/mol. The molecule has 2 N–H and O–H groups in total. The van der Waals surface area contributed by atoms with E-state index in [9.17, 15) is 9.59 Å². The number of ether oxygens (including phenoxy) is 1. The first-order chi connectivity index (χ1) is 11.6. The summed E-state index contributed by atoms with van der Waals surface area (Å²) in [6.07, 6.45) is 1.96. The zero-order valence-corrected chi connectivity index (χ0v) is 14.4. The van der Waals surface area contributed by atoms with E-state index in [1.165, 1.54) is 16.3 Å². The van der Waals surface area contributed by atoms with Gasteiger partial charge in [0.2, 0.25) is 5.91 Å². The van der Waals surface area contributed by atoms with Crippen molar-refractivity contribution in [3.05, 3.63) is 39.8 Å². The number of halogens is 1. The van der Waals surface area contributed by atoms with Crippen LogP contribution < -0.4 is 11.0 Å². The highest BCUT2D eigenvalue weighted by Crippen LogP contribution is 2.19. The number of thioether (sulfide) groups is 1. The van der Waals surface area contributed by atoms with E-state index in [1.54, 1.807) is 24.3 Å². The van der Waals surface area contributed by atoms with Gasteiger partial charge in [-0.1, -0.05) is 29.4 Å². The van der Waals surface area contributed by atoms with Crippen LogP contribution in [0.15, 0.2) is 34.2 Å². The fraction of sp³-hybridized carbons (Fsp3) is 0.400. The number of carbonyl (C=O) groups excluding carboxylic acids is 1. The van der Waals surface area contributed by atoms with Crippen LogP contribution in [0.5, 0.6) is 0 Å². The van der Waals surface area contributed by atoms with E-state index in [1.807, 2.05) is 0 Å². The Morgan fingerprint density at radius 2 is 2.42 bits per heavy atom. The molecule has 1 aromatic heterocycles. The molecule has 9 heteroatoms. The van der Waals surface area contributed by atoms with E-state index in [4.69, 9.17) is 16.3 Å². The molecule has 1 saturated heterocycles. The number of rotatable bonds is 6. The Balaban J connectivity index is 1.58. The van der Waals surface area contributed by atoms with Crippen LogP contribution in [0.1, 0.15) is 12.8 Å². The average molecular weight is 369 g/mol. The van der Waals surface area contributed by atoms with E-state index < -0.39 is 0 Å². The van der Waals surface area contributed by atoms with Gasteiger partial charge in [-0.25, -0.2) is 9.89 Å². The minimum Gasteiger partial charge on any atom is -0.376 e. The molecule has 0 spiro atoms. The maximum absolute atomic E-state index is 12.0. The predicted octanol–water partition coefficient (Wildman–Crippen LogP) is 2.13. The summed E-state index contributed by atoms with van der Waals surface area (Å²) in [5.74, 6) is -0.0520. The van der Waals surface area contributed by atoms with Crippen molar-refractivity contribution in [2.24, 2.45) is 0 Å². The summed E-state index contributed by atoms with van der Waals surface area (Å²) in [6, 6.07) is 6.93. The smallest absolute Gasteiger partial charge is 0.344 e. The Labute approximate surface area is 147 Å². The Morgan fingerprint density at radius 1 is 1.54 bits per heavy atom. The Kier molecular flexibility index (Phi) is 5.60. The first-order valence-corrected chi connectivity index (χ1v) is 8.93. The van der Waals surface area contributed by atoms with Crippen LogP contribution in [-0.2, 0) is 16.1 Å². The molecule has 1 atom stereocenters. The van der Waals surface area contributed by atoms with Crippen molar-refractivity contribution < 1.29 is 9.53 Å². The number of nitrogens with zero attached hydrogens (tertiary/aromatic N) is 2. The molecule has 2 aromatic rings. The minimum absolute atomic E-state index is 0.0277. The molecule has 1 aliphatic heterocycles. The average Bonchev–Trinajstić information content (AvgIpc) is 3.17. The van der Waals surface area contributed by atoms with Gasteiger partial charge in [-0.3, -0.25) is 9.36 Å². The highest BCUT2D eigenvalue weighted by Gasteiger charge is 2.20. The van der Waals surface area contributed by atoms with E-state index in [0.29, 0.717) is 22.4 Å². The van der Waals surface area contributed by atoms with Crippen molar-refractivity contribution in [3.8, 4) is 0 Å². The summed E-state index contributed by atoms with van der Waals surface area (Å²) < 4.78 is 7.07. The predicted molar refractivity (Wildman–Crippen MR) is 92.6 cm³/mol. The van der Waals surface area contributed by atoms with Crippen LogP contribution in [0.4, 0.5) is 5.69 Å². The van der Waals surface area contributed by atoms with E-state index in [0.717, 1.165) is 19.4 Å². The first-order valence-electron chi connectivity index (χ1n) is 7.57. The van der Waals surface area contributed by atoms with Crippen molar-refractivity contribution in [1.29, 1.82) is 0 Å². The van der Waals surface area contributed by atoms with Gasteiger partial charge in [0.05, 0.1) is 18.4 Å². The lowest BCUT2D eigenvalue weighted by Gasteiger charge is -2.11. The summed E-state index contributed by atoms with van der Waals surface area (Å²) in [7, 11) is 0.